The van der Waals surface area contributed by atoms with E-state index in [4.69, 9.17) is 26.1 Å². The number of halogens is 1. The second kappa shape index (κ2) is 11.4. The molecule has 0 unspecified atom stereocenters. The molecule has 0 spiro atoms. The van der Waals surface area contributed by atoms with Crippen molar-refractivity contribution >= 4 is 23.5 Å². The summed E-state index contributed by atoms with van der Waals surface area (Å²) in [7, 11) is 1.64. The van der Waals surface area contributed by atoms with Crippen LogP contribution in [-0.4, -0.2) is 99.2 Å². The maximum Gasteiger partial charge on any atom is 0.236 e. The van der Waals surface area contributed by atoms with E-state index in [0.29, 0.717) is 44.4 Å². The number of carbonyl (C=O) groups excluding carboxylic acids is 1. The summed E-state index contributed by atoms with van der Waals surface area (Å²) in [5.74, 6) is 1.82. The normalized spacial score (nSPS) is 18.4. The molecule has 166 valence electrons. The van der Waals surface area contributed by atoms with Crippen LogP contribution in [0.3, 0.4) is 0 Å². The Morgan fingerprint density at radius 1 is 1.17 bits per heavy atom. The standard InChI is InChI=1S/C21H32ClN5O3/c1-3-23-21(24-15-17-4-5-18(22)14-19(17)29-2)27-8-6-25(7-9-27)16-20(28)26-10-12-30-13-11-26/h4-5,14H,3,6-13,15-16H2,1-2H3,(H,23,24). The monoisotopic (exact) mass is 437 g/mol. The van der Waals surface area contributed by atoms with Gasteiger partial charge < -0.3 is 24.6 Å². The highest BCUT2D eigenvalue weighted by atomic mass is 35.5. The van der Waals surface area contributed by atoms with Crippen molar-refractivity contribution in [3.8, 4) is 5.75 Å². The van der Waals surface area contributed by atoms with Crippen LogP contribution in [0.15, 0.2) is 23.2 Å². The zero-order chi connectivity index (χ0) is 21.3. The fourth-order valence-electron chi connectivity index (χ4n) is 3.66. The fourth-order valence-corrected chi connectivity index (χ4v) is 3.82. The van der Waals surface area contributed by atoms with Gasteiger partial charge in [0.1, 0.15) is 5.75 Å². The third-order valence-corrected chi connectivity index (χ3v) is 5.61. The minimum absolute atomic E-state index is 0.196. The van der Waals surface area contributed by atoms with Crippen LogP contribution < -0.4 is 10.1 Å². The van der Waals surface area contributed by atoms with Gasteiger partial charge in [0.2, 0.25) is 5.91 Å². The van der Waals surface area contributed by atoms with E-state index in [1.54, 1.807) is 7.11 Å². The summed E-state index contributed by atoms with van der Waals surface area (Å²) in [5.41, 5.74) is 0.993. The molecule has 2 fully saturated rings. The molecule has 1 N–H and O–H groups in total. The predicted octanol–water partition coefficient (Wildman–Crippen LogP) is 1.29. The number of piperazine rings is 1. The molecule has 0 aliphatic carbocycles. The Morgan fingerprint density at radius 2 is 1.90 bits per heavy atom. The minimum Gasteiger partial charge on any atom is -0.496 e. The van der Waals surface area contributed by atoms with E-state index in [0.717, 1.165) is 50.0 Å². The number of ether oxygens (including phenoxy) is 2. The first-order chi connectivity index (χ1) is 14.6. The van der Waals surface area contributed by atoms with Crippen molar-refractivity contribution < 1.29 is 14.3 Å². The molecule has 0 saturated carbocycles. The molecule has 8 nitrogen and oxygen atoms in total. The molecule has 0 atom stereocenters. The molecule has 1 aromatic carbocycles. The molecule has 0 bridgehead atoms. The summed E-state index contributed by atoms with van der Waals surface area (Å²) in [6.07, 6.45) is 0. The Morgan fingerprint density at radius 3 is 2.57 bits per heavy atom. The van der Waals surface area contributed by atoms with Gasteiger partial charge in [0.25, 0.3) is 0 Å². The summed E-state index contributed by atoms with van der Waals surface area (Å²) >= 11 is 6.05. The lowest BCUT2D eigenvalue weighted by molar-refractivity contribution is -0.136. The van der Waals surface area contributed by atoms with Gasteiger partial charge in [0.05, 0.1) is 33.4 Å². The summed E-state index contributed by atoms with van der Waals surface area (Å²) in [5, 5.41) is 4.03. The van der Waals surface area contributed by atoms with Gasteiger partial charge in [-0.05, 0) is 19.1 Å². The molecule has 9 heteroatoms. The molecule has 1 amide bonds. The lowest BCUT2D eigenvalue weighted by atomic mass is 10.2. The highest BCUT2D eigenvalue weighted by Gasteiger charge is 2.24. The number of guanidine groups is 1. The van der Waals surface area contributed by atoms with Crippen LogP contribution in [0.2, 0.25) is 5.02 Å². The average molecular weight is 438 g/mol. The van der Waals surface area contributed by atoms with Crippen molar-refractivity contribution in [1.29, 1.82) is 0 Å². The molecule has 0 radical (unpaired) electrons. The molecule has 2 saturated heterocycles. The highest BCUT2D eigenvalue weighted by Crippen LogP contribution is 2.23. The molecule has 2 aliphatic rings. The maximum absolute atomic E-state index is 12.5. The lowest BCUT2D eigenvalue weighted by Crippen LogP contribution is -2.54. The van der Waals surface area contributed by atoms with E-state index in [1.165, 1.54) is 0 Å². The van der Waals surface area contributed by atoms with Crippen molar-refractivity contribution in [1.82, 2.24) is 20.0 Å². The molecular weight excluding hydrogens is 406 g/mol. The van der Waals surface area contributed by atoms with Gasteiger partial charge in [-0.2, -0.15) is 0 Å². The third-order valence-electron chi connectivity index (χ3n) is 5.38. The quantitative estimate of drug-likeness (QED) is 0.534. The number of aliphatic imine (C=N–C) groups is 1. The summed E-state index contributed by atoms with van der Waals surface area (Å²) in [6, 6.07) is 5.61. The van der Waals surface area contributed by atoms with Crippen LogP contribution in [0.1, 0.15) is 12.5 Å². The van der Waals surface area contributed by atoms with Crippen molar-refractivity contribution in [2.75, 3.05) is 72.7 Å². The largest absolute Gasteiger partial charge is 0.496 e. The molecular formula is C21H32ClN5O3. The lowest BCUT2D eigenvalue weighted by Gasteiger charge is -2.37. The average Bonchev–Trinajstić information content (AvgIpc) is 2.78. The van der Waals surface area contributed by atoms with E-state index in [1.807, 2.05) is 23.1 Å². The predicted molar refractivity (Wildman–Crippen MR) is 118 cm³/mol. The van der Waals surface area contributed by atoms with Gasteiger partial charge in [0, 0.05) is 56.4 Å². The first kappa shape index (κ1) is 22.7. The first-order valence-electron chi connectivity index (χ1n) is 10.5. The van der Waals surface area contributed by atoms with Crippen LogP contribution in [-0.2, 0) is 16.1 Å². The zero-order valence-electron chi connectivity index (χ0n) is 17.9. The van der Waals surface area contributed by atoms with Gasteiger partial charge >= 0.3 is 0 Å². The number of nitrogens with zero attached hydrogens (tertiary/aromatic N) is 4. The van der Waals surface area contributed by atoms with Crippen LogP contribution >= 0.6 is 11.6 Å². The van der Waals surface area contributed by atoms with Crippen molar-refractivity contribution in [3.63, 3.8) is 0 Å². The van der Waals surface area contributed by atoms with Crippen LogP contribution in [0, 0.1) is 0 Å². The summed E-state index contributed by atoms with van der Waals surface area (Å²) in [4.78, 5) is 23.7. The molecule has 3 rings (SSSR count). The first-order valence-corrected chi connectivity index (χ1v) is 10.9. The van der Waals surface area contributed by atoms with Crippen LogP contribution in [0.5, 0.6) is 5.75 Å². The maximum atomic E-state index is 12.5. The molecule has 2 aliphatic heterocycles. The number of amides is 1. The van der Waals surface area contributed by atoms with Crippen LogP contribution in [0.25, 0.3) is 0 Å². The Kier molecular flexibility index (Phi) is 8.60. The Hall–Kier alpha value is -2.03. The van der Waals surface area contributed by atoms with E-state index in [9.17, 15) is 4.79 Å². The number of carbonyl (C=O) groups is 1. The van der Waals surface area contributed by atoms with Crippen molar-refractivity contribution in [2.45, 2.75) is 13.5 Å². The second-order valence-corrected chi connectivity index (χ2v) is 7.82. The van der Waals surface area contributed by atoms with Crippen LogP contribution in [0.4, 0.5) is 0 Å². The van der Waals surface area contributed by atoms with Crippen molar-refractivity contribution in [3.05, 3.63) is 28.8 Å². The second-order valence-electron chi connectivity index (χ2n) is 7.38. The van der Waals surface area contributed by atoms with E-state index in [-0.39, 0.29) is 5.91 Å². The molecule has 1 aromatic rings. The summed E-state index contributed by atoms with van der Waals surface area (Å²) < 4.78 is 10.8. The number of benzene rings is 1. The Balaban J connectivity index is 1.54. The highest BCUT2D eigenvalue weighted by molar-refractivity contribution is 6.30. The van der Waals surface area contributed by atoms with Gasteiger partial charge in [-0.3, -0.25) is 9.69 Å². The smallest absolute Gasteiger partial charge is 0.236 e. The molecule has 30 heavy (non-hydrogen) atoms. The zero-order valence-corrected chi connectivity index (χ0v) is 18.7. The number of methoxy groups -OCH3 is 1. The Bertz CT molecular complexity index is 731. The SMILES string of the molecule is CCNC(=NCc1ccc(Cl)cc1OC)N1CCN(CC(=O)N2CCOCC2)CC1. The van der Waals surface area contributed by atoms with Crippen molar-refractivity contribution in [2.24, 2.45) is 4.99 Å². The van der Waals surface area contributed by atoms with E-state index >= 15 is 0 Å². The fraction of sp³-hybridized carbons (Fsp3) is 0.619. The number of hydrogen-bond acceptors (Lipinski definition) is 5. The summed E-state index contributed by atoms with van der Waals surface area (Å²) in [6.45, 7) is 9.87. The number of morpholine rings is 1. The molecule has 0 aromatic heterocycles. The van der Waals surface area contributed by atoms with E-state index in [2.05, 4.69) is 22.0 Å². The number of hydrogen-bond donors (Lipinski definition) is 1. The Labute approximate surface area is 183 Å². The van der Waals surface area contributed by atoms with Gasteiger partial charge in [-0.25, -0.2) is 4.99 Å². The minimum atomic E-state index is 0.196. The third kappa shape index (κ3) is 6.23. The van der Waals surface area contributed by atoms with Gasteiger partial charge in [-0.15, -0.1) is 0 Å². The van der Waals surface area contributed by atoms with Gasteiger partial charge in [0.15, 0.2) is 5.96 Å². The molecule has 2 heterocycles. The van der Waals surface area contributed by atoms with E-state index < -0.39 is 0 Å². The number of nitrogens with one attached hydrogen (secondary N) is 1. The number of rotatable bonds is 6. The topological polar surface area (TPSA) is 69.6 Å². The van der Waals surface area contributed by atoms with Gasteiger partial charge in [-0.1, -0.05) is 17.7 Å².